The largest absolute Gasteiger partial charge is 0.384 e. The number of hydrogen-bond donors (Lipinski definition) is 2. The number of methoxy groups -OCH3 is 1. The van der Waals surface area contributed by atoms with Gasteiger partial charge in [0, 0.05) is 19.2 Å². The van der Waals surface area contributed by atoms with Gasteiger partial charge < -0.3 is 29.7 Å². The lowest BCUT2D eigenvalue weighted by molar-refractivity contribution is -0.0170. The van der Waals surface area contributed by atoms with E-state index >= 15 is 0 Å². The van der Waals surface area contributed by atoms with Crippen LogP contribution >= 0.6 is 22.6 Å². The SMILES string of the molecule is COCC1COCCN1C1=NC(C2=C(F)CNC=C2)=CC(O)N1C(C)I. The van der Waals surface area contributed by atoms with Crippen LogP contribution in [0.25, 0.3) is 0 Å². The first-order valence-corrected chi connectivity index (χ1v) is 9.80. The number of aliphatic hydroxyl groups excluding tert-OH is 1. The molecule has 7 nitrogen and oxygen atoms in total. The van der Waals surface area contributed by atoms with Gasteiger partial charge in [0.05, 0.1) is 42.2 Å². The van der Waals surface area contributed by atoms with Crippen LogP contribution < -0.4 is 5.32 Å². The van der Waals surface area contributed by atoms with E-state index in [1.807, 2.05) is 11.8 Å². The van der Waals surface area contributed by atoms with Crippen molar-refractivity contribution < 1.29 is 19.0 Å². The van der Waals surface area contributed by atoms with Gasteiger partial charge in [0.15, 0.2) is 6.23 Å². The van der Waals surface area contributed by atoms with Crippen LogP contribution in [0.15, 0.2) is 40.4 Å². The van der Waals surface area contributed by atoms with Gasteiger partial charge in [0.1, 0.15) is 5.83 Å². The molecule has 9 heteroatoms. The van der Waals surface area contributed by atoms with E-state index in [0.29, 0.717) is 43.6 Å². The van der Waals surface area contributed by atoms with Crippen molar-refractivity contribution in [1.29, 1.82) is 0 Å². The van der Waals surface area contributed by atoms with Crippen LogP contribution in [-0.2, 0) is 9.47 Å². The Bertz CT molecular complexity index is 648. The zero-order chi connectivity index (χ0) is 18.7. The minimum Gasteiger partial charge on any atom is -0.384 e. The number of alkyl halides is 1. The molecule has 0 aromatic rings. The van der Waals surface area contributed by atoms with Gasteiger partial charge in [-0.15, -0.1) is 0 Å². The van der Waals surface area contributed by atoms with Gasteiger partial charge in [-0.2, -0.15) is 0 Å². The molecule has 0 aromatic heterocycles. The van der Waals surface area contributed by atoms with E-state index in [1.54, 1.807) is 25.5 Å². The minimum atomic E-state index is -0.890. The number of hydrogen-bond acceptors (Lipinski definition) is 7. The smallest absolute Gasteiger partial charge is 0.205 e. The summed E-state index contributed by atoms with van der Waals surface area (Å²) in [5.74, 6) is 0.329. The van der Waals surface area contributed by atoms with E-state index in [4.69, 9.17) is 14.5 Å². The number of aliphatic imine (C=N–C) groups is 1. The van der Waals surface area contributed by atoms with Gasteiger partial charge in [-0.1, -0.05) is 22.6 Å². The molecule has 1 saturated heterocycles. The Morgan fingerprint density at radius 2 is 2.38 bits per heavy atom. The lowest BCUT2D eigenvalue weighted by Crippen LogP contribution is -2.59. The van der Waals surface area contributed by atoms with Crippen LogP contribution in [0.1, 0.15) is 6.92 Å². The summed E-state index contributed by atoms with van der Waals surface area (Å²) in [6.07, 6.45) is 4.04. The summed E-state index contributed by atoms with van der Waals surface area (Å²) in [5, 5.41) is 13.6. The molecule has 3 aliphatic rings. The molecule has 144 valence electrons. The first-order valence-electron chi connectivity index (χ1n) is 8.56. The van der Waals surface area contributed by atoms with E-state index in [0.717, 1.165) is 0 Å². The molecule has 0 aliphatic carbocycles. The van der Waals surface area contributed by atoms with Crippen LogP contribution in [0.5, 0.6) is 0 Å². The Hall–Kier alpha value is -1.17. The number of morpholine rings is 1. The van der Waals surface area contributed by atoms with Crippen molar-refractivity contribution in [2.45, 2.75) is 23.2 Å². The standard InChI is InChI=1S/C17H24FIN4O3/c1-11(19)23-16(24)7-15(13-3-4-20-8-14(13)18)21-17(23)22-5-6-26-10-12(22)9-25-2/h3-4,7,11-12,16,20,24H,5-6,8-10H2,1-2H3. The quantitative estimate of drug-likeness (QED) is 0.361. The van der Waals surface area contributed by atoms with Crippen LogP contribution in [0.3, 0.4) is 0 Å². The zero-order valence-corrected chi connectivity index (χ0v) is 17.0. The molecule has 2 N–H and O–H groups in total. The first-order chi connectivity index (χ1) is 12.5. The zero-order valence-electron chi connectivity index (χ0n) is 14.9. The molecular weight excluding hydrogens is 454 g/mol. The second-order valence-electron chi connectivity index (χ2n) is 6.27. The third-order valence-electron chi connectivity index (χ3n) is 4.46. The Morgan fingerprint density at radius 1 is 1.58 bits per heavy atom. The molecule has 0 radical (unpaired) electrons. The number of dihydropyridines is 1. The van der Waals surface area contributed by atoms with E-state index in [2.05, 4.69) is 32.8 Å². The maximum Gasteiger partial charge on any atom is 0.205 e. The molecule has 26 heavy (non-hydrogen) atoms. The summed E-state index contributed by atoms with van der Waals surface area (Å²) in [5.41, 5.74) is 0.844. The van der Waals surface area contributed by atoms with Gasteiger partial charge >= 0.3 is 0 Å². The summed E-state index contributed by atoms with van der Waals surface area (Å²) in [6.45, 7) is 4.31. The van der Waals surface area contributed by atoms with Gasteiger partial charge in [0.2, 0.25) is 5.96 Å². The lowest BCUT2D eigenvalue weighted by Gasteiger charge is -2.44. The molecular formula is C17H24FIN4O3. The highest BCUT2D eigenvalue weighted by Gasteiger charge is 2.36. The second kappa shape index (κ2) is 8.68. The van der Waals surface area contributed by atoms with Gasteiger partial charge in [-0.05, 0) is 25.3 Å². The number of halogens is 2. The maximum absolute atomic E-state index is 14.3. The fourth-order valence-corrected chi connectivity index (χ4v) is 3.80. The van der Waals surface area contributed by atoms with E-state index in [1.165, 1.54) is 0 Å². The fraction of sp³-hybridized carbons (Fsp3) is 0.588. The summed E-state index contributed by atoms with van der Waals surface area (Å²) >= 11 is 2.24. The Labute approximate surface area is 166 Å². The predicted molar refractivity (Wildman–Crippen MR) is 105 cm³/mol. The van der Waals surface area contributed by atoms with E-state index in [-0.39, 0.29) is 22.5 Å². The molecule has 0 saturated carbocycles. The average molecular weight is 478 g/mol. The first kappa shape index (κ1) is 19.6. The minimum absolute atomic E-state index is 0.00687. The average Bonchev–Trinajstić information content (AvgIpc) is 2.62. The third kappa shape index (κ3) is 4.05. The fourth-order valence-electron chi connectivity index (χ4n) is 3.22. The second-order valence-corrected chi connectivity index (χ2v) is 8.07. The van der Waals surface area contributed by atoms with Crippen LogP contribution in [-0.4, -0.2) is 77.2 Å². The topological polar surface area (TPSA) is 69.6 Å². The van der Waals surface area contributed by atoms with Gasteiger partial charge in [0.25, 0.3) is 0 Å². The highest BCUT2D eigenvalue weighted by Crippen LogP contribution is 2.29. The number of rotatable bonds is 4. The summed E-state index contributed by atoms with van der Waals surface area (Å²) < 4.78 is 25.2. The third-order valence-corrected chi connectivity index (χ3v) is 5.06. The molecule has 0 aromatic carbocycles. The van der Waals surface area contributed by atoms with Crippen molar-refractivity contribution in [3.05, 3.63) is 35.4 Å². The van der Waals surface area contributed by atoms with Crippen molar-refractivity contribution in [3.8, 4) is 0 Å². The number of ether oxygens (including phenoxy) is 2. The Balaban J connectivity index is 1.99. The molecule has 0 bridgehead atoms. The summed E-state index contributed by atoms with van der Waals surface area (Å²) in [4.78, 5) is 8.65. The Morgan fingerprint density at radius 3 is 3.08 bits per heavy atom. The molecule has 0 spiro atoms. The van der Waals surface area contributed by atoms with Crippen LogP contribution in [0, 0.1) is 0 Å². The lowest BCUT2D eigenvalue weighted by atomic mass is 10.1. The molecule has 0 amide bonds. The molecule has 3 rings (SSSR count). The van der Waals surface area contributed by atoms with Gasteiger partial charge in [-0.3, -0.25) is 0 Å². The molecule has 1 fully saturated rings. The monoisotopic (exact) mass is 478 g/mol. The van der Waals surface area contributed by atoms with Crippen LogP contribution in [0.4, 0.5) is 4.39 Å². The molecule has 3 aliphatic heterocycles. The highest BCUT2D eigenvalue weighted by molar-refractivity contribution is 14.1. The van der Waals surface area contributed by atoms with E-state index < -0.39 is 6.23 Å². The van der Waals surface area contributed by atoms with Crippen molar-refractivity contribution in [2.75, 3.05) is 40.0 Å². The van der Waals surface area contributed by atoms with Crippen molar-refractivity contribution in [3.63, 3.8) is 0 Å². The number of nitrogens with zero attached hydrogens (tertiary/aromatic N) is 3. The number of aliphatic hydroxyl groups is 1. The predicted octanol–water partition coefficient (Wildman–Crippen LogP) is 1.33. The Kier molecular flexibility index (Phi) is 6.54. The number of nitrogens with one attached hydrogen (secondary N) is 1. The summed E-state index contributed by atoms with van der Waals surface area (Å²) in [6, 6.07) is -0.0147. The van der Waals surface area contributed by atoms with E-state index in [9.17, 15) is 9.50 Å². The normalized spacial score (nSPS) is 27.9. The molecule has 3 heterocycles. The van der Waals surface area contributed by atoms with Crippen molar-refractivity contribution >= 4 is 28.6 Å². The van der Waals surface area contributed by atoms with Crippen LogP contribution in [0.2, 0.25) is 0 Å². The van der Waals surface area contributed by atoms with Crippen molar-refractivity contribution in [2.24, 2.45) is 4.99 Å². The van der Waals surface area contributed by atoms with Crippen molar-refractivity contribution in [1.82, 2.24) is 15.1 Å². The molecule has 3 atom stereocenters. The number of allylic oxidation sites excluding steroid dienone is 1. The molecule has 3 unspecified atom stereocenters. The summed E-state index contributed by atoms with van der Waals surface area (Å²) in [7, 11) is 1.65. The highest BCUT2D eigenvalue weighted by atomic mass is 127. The maximum atomic E-state index is 14.3. The van der Waals surface area contributed by atoms with Gasteiger partial charge in [-0.25, -0.2) is 9.38 Å². The number of guanidine groups is 1.